The monoisotopic (exact) mass is 255 g/mol. The van der Waals surface area contributed by atoms with Crippen molar-refractivity contribution >= 4 is 21.9 Å². The second-order valence-electron chi connectivity index (χ2n) is 3.88. The normalized spacial score (nSPS) is 26.4. The molecule has 4 heteroatoms. The van der Waals surface area contributed by atoms with Gasteiger partial charge in [-0.3, -0.25) is 0 Å². The summed E-state index contributed by atoms with van der Waals surface area (Å²) in [6.07, 6.45) is 7.41. The van der Waals surface area contributed by atoms with Gasteiger partial charge in [0.15, 0.2) is 0 Å². The van der Waals surface area contributed by atoms with E-state index in [0.717, 1.165) is 16.3 Å². The lowest BCUT2D eigenvalue weighted by Crippen LogP contribution is -2.22. The summed E-state index contributed by atoms with van der Waals surface area (Å²) in [6, 6.07) is 0.552. The van der Waals surface area contributed by atoms with E-state index in [4.69, 9.17) is 0 Å². The Bertz CT molecular complexity index is 299. The van der Waals surface area contributed by atoms with Crippen LogP contribution in [0.2, 0.25) is 0 Å². The Hall–Kier alpha value is -0.640. The van der Waals surface area contributed by atoms with Gasteiger partial charge in [0, 0.05) is 18.4 Å². The predicted octanol–water partition coefficient (Wildman–Crippen LogP) is 2.84. The van der Waals surface area contributed by atoms with Crippen LogP contribution >= 0.6 is 15.9 Å². The third-order valence-corrected chi connectivity index (χ3v) is 3.21. The number of aromatic nitrogens is 2. The number of hydrogen-bond donors (Lipinski definition) is 1. The summed E-state index contributed by atoms with van der Waals surface area (Å²) in [5.41, 5.74) is 0. The fourth-order valence-electron chi connectivity index (χ4n) is 1.91. The number of halogens is 1. The lowest BCUT2D eigenvalue weighted by Gasteiger charge is -2.16. The Labute approximate surface area is 92.5 Å². The highest BCUT2D eigenvalue weighted by molar-refractivity contribution is 9.10. The SMILES string of the molecule is CC1CCCC1Nc1ncc(Br)cn1. The molecule has 1 N–H and O–H groups in total. The standard InChI is InChI=1S/C10H14BrN3/c1-7-3-2-4-9(7)14-10-12-5-8(11)6-13-10/h5-7,9H,2-4H2,1H3,(H,12,13,14). The Morgan fingerprint density at radius 3 is 2.64 bits per heavy atom. The molecule has 76 valence electrons. The van der Waals surface area contributed by atoms with Gasteiger partial charge in [-0.05, 0) is 34.7 Å². The van der Waals surface area contributed by atoms with Crippen molar-refractivity contribution in [2.45, 2.75) is 32.2 Å². The van der Waals surface area contributed by atoms with Crippen LogP contribution in [-0.4, -0.2) is 16.0 Å². The molecule has 14 heavy (non-hydrogen) atoms. The molecule has 1 aromatic heterocycles. The van der Waals surface area contributed by atoms with E-state index >= 15 is 0 Å². The van der Waals surface area contributed by atoms with Crippen LogP contribution in [0.3, 0.4) is 0 Å². The molecule has 0 aliphatic heterocycles. The summed E-state index contributed by atoms with van der Waals surface area (Å²) in [6.45, 7) is 2.28. The third-order valence-electron chi connectivity index (χ3n) is 2.80. The number of anilines is 1. The van der Waals surface area contributed by atoms with Gasteiger partial charge < -0.3 is 5.32 Å². The average molecular weight is 256 g/mol. The van der Waals surface area contributed by atoms with Crippen LogP contribution < -0.4 is 5.32 Å². The van der Waals surface area contributed by atoms with E-state index in [1.165, 1.54) is 19.3 Å². The van der Waals surface area contributed by atoms with Crippen LogP contribution in [0, 0.1) is 5.92 Å². The lowest BCUT2D eigenvalue weighted by atomic mass is 10.1. The first-order valence-electron chi connectivity index (χ1n) is 5.00. The smallest absolute Gasteiger partial charge is 0.222 e. The summed E-state index contributed by atoms with van der Waals surface area (Å²) in [7, 11) is 0. The molecular formula is C10H14BrN3. The van der Waals surface area contributed by atoms with E-state index < -0.39 is 0 Å². The summed E-state index contributed by atoms with van der Waals surface area (Å²) in [4.78, 5) is 8.41. The van der Waals surface area contributed by atoms with Crippen molar-refractivity contribution in [2.75, 3.05) is 5.32 Å². The molecule has 3 nitrogen and oxygen atoms in total. The minimum absolute atomic E-state index is 0.552. The summed E-state index contributed by atoms with van der Waals surface area (Å²) < 4.78 is 0.919. The molecular weight excluding hydrogens is 242 g/mol. The van der Waals surface area contributed by atoms with Crippen LogP contribution in [0.4, 0.5) is 5.95 Å². The van der Waals surface area contributed by atoms with Crippen LogP contribution in [0.25, 0.3) is 0 Å². The minimum atomic E-state index is 0.552. The number of rotatable bonds is 2. The summed E-state index contributed by atoms with van der Waals surface area (Å²) in [5.74, 6) is 1.48. The second-order valence-corrected chi connectivity index (χ2v) is 4.80. The predicted molar refractivity (Wildman–Crippen MR) is 60.2 cm³/mol. The fraction of sp³-hybridized carbons (Fsp3) is 0.600. The Morgan fingerprint density at radius 1 is 1.36 bits per heavy atom. The second kappa shape index (κ2) is 4.26. The molecule has 1 aromatic rings. The van der Waals surface area contributed by atoms with Gasteiger partial charge in [0.25, 0.3) is 0 Å². The first-order valence-corrected chi connectivity index (χ1v) is 5.79. The molecule has 1 aliphatic rings. The van der Waals surface area contributed by atoms with E-state index in [1.54, 1.807) is 12.4 Å². The maximum absolute atomic E-state index is 4.21. The van der Waals surface area contributed by atoms with Crippen molar-refractivity contribution in [1.82, 2.24) is 9.97 Å². The van der Waals surface area contributed by atoms with Gasteiger partial charge in [-0.2, -0.15) is 0 Å². The molecule has 0 bridgehead atoms. The first-order chi connectivity index (χ1) is 6.75. The largest absolute Gasteiger partial charge is 0.351 e. The molecule has 0 aromatic carbocycles. The van der Waals surface area contributed by atoms with E-state index in [2.05, 4.69) is 38.1 Å². The fourth-order valence-corrected chi connectivity index (χ4v) is 2.12. The molecule has 1 heterocycles. The van der Waals surface area contributed by atoms with Crippen LogP contribution in [0.15, 0.2) is 16.9 Å². The van der Waals surface area contributed by atoms with Crippen molar-refractivity contribution in [1.29, 1.82) is 0 Å². The van der Waals surface area contributed by atoms with Gasteiger partial charge in [-0.15, -0.1) is 0 Å². The van der Waals surface area contributed by atoms with E-state index in [9.17, 15) is 0 Å². The average Bonchev–Trinajstić information content (AvgIpc) is 2.56. The Morgan fingerprint density at radius 2 is 2.07 bits per heavy atom. The molecule has 1 fully saturated rings. The van der Waals surface area contributed by atoms with Crippen LogP contribution in [-0.2, 0) is 0 Å². The number of hydrogen-bond acceptors (Lipinski definition) is 3. The zero-order chi connectivity index (χ0) is 9.97. The minimum Gasteiger partial charge on any atom is -0.351 e. The van der Waals surface area contributed by atoms with Gasteiger partial charge in [-0.1, -0.05) is 13.3 Å². The number of nitrogens with zero attached hydrogens (tertiary/aromatic N) is 2. The molecule has 2 unspecified atom stereocenters. The number of nitrogens with one attached hydrogen (secondary N) is 1. The van der Waals surface area contributed by atoms with Gasteiger partial charge in [-0.25, -0.2) is 9.97 Å². The maximum atomic E-state index is 4.21. The highest BCUT2D eigenvalue weighted by Gasteiger charge is 2.23. The van der Waals surface area contributed by atoms with E-state index in [1.807, 2.05) is 0 Å². The molecule has 1 aliphatic carbocycles. The molecule has 0 radical (unpaired) electrons. The van der Waals surface area contributed by atoms with Crippen molar-refractivity contribution < 1.29 is 0 Å². The molecule has 0 spiro atoms. The quantitative estimate of drug-likeness (QED) is 0.884. The maximum Gasteiger partial charge on any atom is 0.222 e. The highest BCUT2D eigenvalue weighted by Crippen LogP contribution is 2.26. The highest BCUT2D eigenvalue weighted by atomic mass is 79.9. The van der Waals surface area contributed by atoms with E-state index in [0.29, 0.717) is 6.04 Å². The molecule has 2 rings (SSSR count). The summed E-state index contributed by atoms with van der Waals surface area (Å²) in [5, 5.41) is 3.37. The Balaban J connectivity index is 2.00. The van der Waals surface area contributed by atoms with Crippen LogP contribution in [0.5, 0.6) is 0 Å². The van der Waals surface area contributed by atoms with Gasteiger partial charge in [0.1, 0.15) is 0 Å². The van der Waals surface area contributed by atoms with Crippen molar-refractivity contribution in [2.24, 2.45) is 5.92 Å². The van der Waals surface area contributed by atoms with Crippen molar-refractivity contribution in [3.8, 4) is 0 Å². The van der Waals surface area contributed by atoms with E-state index in [-0.39, 0.29) is 0 Å². The van der Waals surface area contributed by atoms with Gasteiger partial charge in [0.05, 0.1) is 4.47 Å². The van der Waals surface area contributed by atoms with Crippen molar-refractivity contribution in [3.05, 3.63) is 16.9 Å². The third kappa shape index (κ3) is 2.23. The van der Waals surface area contributed by atoms with Crippen molar-refractivity contribution in [3.63, 3.8) is 0 Å². The molecule has 0 saturated heterocycles. The molecule has 1 saturated carbocycles. The zero-order valence-corrected chi connectivity index (χ0v) is 9.79. The lowest BCUT2D eigenvalue weighted by molar-refractivity contribution is 0.553. The zero-order valence-electron chi connectivity index (χ0n) is 8.20. The summed E-state index contributed by atoms with van der Waals surface area (Å²) >= 11 is 3.32. The van der Waals surface area contributed by atoms with Gasteiger partial charge in [0.2, 0.25) is 5.95 Å². The molecule has 0 amide bonds. The Kier molecular flexibility index (Phi) is 3.01. The van der Waals surface area contributed by atoms with Crippen LogP contribution in [0.1, 0.15) is 26.2 Å². The first kappa shape index (κ1) is 9.90. The van der Waals surface area contributed by atoms with Gasteiger partial charge >= 0.3 is 0 Å². The topological polar surface area (TPSA) is 37.8 Å². The molecule has 2 atom stereocenters.